The predicted octanol–water partition coefficient (Wildman–Crippen LogP) is 2.50. The quantitative estimate of drug-likeness (QED) is 0.711. The van der Waals surface area contributed by atoms with E-state index in [0.29, 0.717) is 42.7 Å². The molecule has 118 valence electrons. The van der Waals surface area contributed by atoms with E-state index < -0.39 is 0 Å². The SMILES string of the molecule is COCCNC(=O)c1ccc(OCCC(C)C)c(OC)c1. The zero-order chi connectivity index (χ0) is 15.7. The molecule has 0 bridgehead atoms. The van der Waals surface area contributed by atoms with E-state index in [2.05, 4.69) is 19.2 Å². The monoisotopic (exact) mass is 295 g/mol. The predicted molar refractivity (Wildman–Crippen MR) is 82.2 cm³/mol. The molecule has 1 rings (SSSR count). The standard InChI is InChI=1S/C16H25NO4/c1-12(2)7-9-21-14-6-5-13(11-15(14)20-4)16(18)17-8-10-19-3/h5-6,11-12H,7-10H2,1-4H3,(H,17,18). The van der Waals surface area contributed by atoms with E-state index in [4.69, 9.17) is 14.2 Å². The van der Waals surface area contributed by atoms with Crippen LogP contribution in [0, 0.1) is 5.92 Å². The summed E-state index contributed by atoms with van der Waals surface area (Å²) in [7, 11) is 3.16. The number of ether oxygens (including phenoxy) is 3. The smallest absolute Gasteiger partial charge is 0.251 e. The Hall–Kier alpha value is -1.75. The summed E-state index contributed by atoms with van der Waals surface area (Å²) >= 11 is 0. The second kappa shape index (κ2) is 9.23. The van der Waals surface area contributed by atoms with Crippen molar-refractivity contribution in [2.24, 2.45) is 5.92 Å². The number of hydrogen-bond acceptors (Lipinski definition) is 4. The Labute approximate surface area is 126 Å². The molecule has 0 heterocycles. The van der Waals surface area contributed by atoms with Crippen LogP contribution in [0.25, 0.3) is 0 Å². The van der Waals surface area contributed by atoms with Crippen molar-refractivity contribution in [2.45, 2.75) is 20.3 Å². The van der Waals surface area contributed by atoms with Crippen molar-refractivity contribution in [1.82, 2.24) is 5.32 Å². The zero-order valence-electron chi connectivity index (χ0n) is 13.3. The lowest BCUT2D eigenvalue weighted by Crippen LogP contribution is -2.26. The van der Waals surface area contributed by atoms with E-state index in [0.717, 1.165) is 6.42 Å². The van der Waals surface area contributed by atoms with Crippen LogP contribution in [0.3, 0.4) is 0 Å². The Morgan fingerprint density at radius 3 is 2.57 bits per heavy atom. The Kier molecular flexibility index (Phi) is 7.61. The summed E-state index contributed by atoms with van der Waals surface area (Å²) in [6.45, 7) is 5.89. The maximum Gasteiger partial charge on any atom is 0.251 e. The van der Waals surface area contributed by atoms with Gasteiger partial charge >= 0.3 is 0 Å². The minimum atomic E-state index is -0.154. The van der Waals surface area contributed by atoms with Gasteiger partial charge in [0.05, 0.1) is 20.3 Å². The molecule has 1 N–H and O–H groups in total. The van der Waals surface area contributed by atoms with Crippen LogP contribution in [0.5, 0.6) is 11.5 Å². The molecule has 0 radical (unpaired) electrons. The van der Waals surface area contributed by atoms with Gasteiger partial charge in [-0.25, -0.2) is 0 Å². The van der Waals surface area contributed by atoms with Gasteiger partial charge in [0.25, 0.3) is 5.91 Å². The maximum absolute atomic E-state index is 11.9. The number of hydrogen-bond donors (Lipinski definition) is 1. The van der Waals surface area contributed by atoms with E-state index in [-0.39, 0.29) is 5.91 Å². The average Bonchev–Trinajstić information content (AvgIpc) is 2.47. The molecule has 0 unspecified atom stereocenters. The highest BCUT2D eigenvalue weighted by molar-refractivity contribution is 5.94. The molecular formula is C16H25NO4. The molecule has 0 atom stereocenters. The van der Waals surface area contributed by atoms with E-state index in [1.807, 2.05) is 0 Å². The number of carbonyl (C=O) groups is 1. The third-order valence-corrected chi connectivity index (χ3v) is 2.97. The van der Waals surface area contributed by atoms with Crippen molar-refractivity contribution in [3.05, 3.63) is 23.8 Å². The fraction of sp³-hybridized carbons (Fsp3) is 0.562. The molecule has 5 nitrogen and oxygen atoms in total. The van der Waals surface area contributed by atoms with Crippen LogP contribution in [0.15, 0.2) is 18.2 Å². The second-order valence-corrected chi connectivity index (χ2v) is 5.15. The van der Waals surface area contributed by atoms with Crippen molar-refractivity contribution < 1.29 is 19.0 Å². The summed E-state index contributed by atoms with van der Waals surface area (Å²) in [5, 5.41) is 2.77. The fourth-order valence-corrected chi connectivity index (χ4v) is 1.70. The van der Waals surface area contributed by atoms with Crippen molar-refractivity contribution in [1.29, 1.82) is 0 Å². The van der Waals surface area contributed by atoms with Crippen LogP contribution in [0.4, 0.5) is 0 Å². The maximum atomic E-state index is 11.9. The second-order valence-electron chi connectivity index (χ2n) is 5.15. The van der Waals surface area contributed by atoms with Gasteiger partial charge in [0.1, 0.15) is 0 Å². The normalized spacial score (nSPS) is 10.5. The minimum absolute atomic E-state index is 0.154. The molecule has 5 heteroatoms. The highest BCUT2D eigenvalue weighted by atomic mass is 16.5. The first-order valence-electron chi connectivity index (χ1n) is 7.16. The Morgan fingerprint density at radius 2 is 1.95 bits per heavy atom. The third-order valence-electron chi connectivity index (χ3n) is 2.97. The van der Waals surface area contributed by atoms with E-state index in [1.54, 1.807) is 32.4 Å². The van der Waals surface area contributed by atoms with Gasteiger partial charge in [-0.3, -0.25) is 4.79 Å². The van der Waals surface area contributed by atoms with Crippen molar-refractivity contribution in [3.63, 3.8) is 0 Å². The van der Waals surface area contributed by atoms with Gasteiger partial charge < -0.3 is 19.5 Å². The Balaban J connectivity index is 2.66. The largest absolute Gasteiger partial charge is 0.493 e. The van der Waals surface area contributed by atoms with Crippen molar-refractivity contribution in [2.75, 3.05) is 34.0 Å². The molecule has 0 saturated heterocycles. The lowest BCUT2D eigenvalue weighted by molar-refractivity contribution is 0.0936. The van der Waals surface area contributed by atoms with Crippen LogP contribution in [0.2, 0.25) is 0 Å². The summed E-state index contributed by atoms with van der Waals surface area (Å²) in [5.41, 5.74) is 0.541. The van der Waals surface area contributed by atoms with Crippen LogP contribution in [-0.2, 0) is 4.74 Å². The lowest BCUT2D eigenvalue weighted by atomic mass is 10.1. The van der Waals surface area contributed by atoms with Gasteiger partial charge in [-0.2, -0.15) is 0 Å². The molecular weight excluding hydrogens is 270 g/mol. The van der Waals surface area contributed by atoms with Crippen LogP contribution in [-0.4, -0.2) is 39.9 Å². The highest BCUT2D eigenvalue weighted by Gasteiger charge is 2.11. The number of amides is 1. The number of benzene rings is 1. The van der Waals surface area contributed by atoms with Gasteiger partial charge in [-0.1, -0.05) is 13.8 Å². The number of nitrogens with one attached hydrogen (secondary N) is 1. The van der Waals surface area contributed by atoms with Gasteiger partial charge in [-0.05, 0) is 30.5 Å². The molecule has 0 spiro atoms. The molecule has 0 saturated carbocycles. The highest BCUT2D eigenvalue weighted by Crippen LogP contribution is 2.28. The molecule has 0 aromatic heterocycles. The molecule has 1 aromatic rings. The van der Waals surface area contributed by atoms with Crippen LogP contribution >= 0.6 is 0 Å². The first kappa shape index (κ1) is 17.3. The molecule has 0 aliphatic heterocycles. The van der Waals surface area contributed by atoms with Gasteiger partial charge in [-0.15, -0.1) is 0 Å². The lowest BCUT2D eigenvalue weighted by Gasteiger charge is -2.13. The van der Waals surface area contributed by atoms with Crippen LogP contribution < -0.4 is 14.8 Å². The molecule has 0 aliphatic carbocycles. The molecule has 1 amide bonds. The molecule has 1 aromatic carbocycles. The van der Waals surface area contributed by atoms with Crippen molar-refractivity contribution in [3.8, 4) is 11.5 Å². The van der Waals surface area contributed by atoms with E-state index in [9.17, 15) is 4.79 Å². The Morgan fingerprint density at radius 1 is 1.19 bits per heavy atom. The number of carbonyl (C=O) groups excluding carboxylic acids is 1. The minimum Gasteiger partial charge on any atom is -0.493 e. The zero-order valence-corrected chi connectivity index (χ0v) is 13.3. The van der Waals surface area contributed by atoms with Crippen LogP contribution in [0.1, 0.15) is 30.6 Å². The summed E-state index contributed by atoms with van der Waals surface area (Å²) in [5.74, 6) is 1.66. The summed E-state index contributed by atoms with van der Waals surface area (Å²) in [6, 6.07) is 5.19. The average molecular weight is 295 g/mol. The molecule has 0 aliphatic rings. The summed E-state index contributed by atoms with van der Waals surface area (Å²) in [6.07, 6.45) is 0.975. The van der Waals surface area contributed by atoms with Gasteiger partial charge in [0, 0.05) is 19.2 Å². The topological polar surface area (TPSA) is 56.8 Å². The van der Waals surface area contributed by atoms with Crippen molar-refractivity contribution >= 4 is 5.91 Å². The third kappa shape index (κ3) is 6.04. The van der Waals surface area contributed by atoms with Gasteiger partial charge in [0.15, 0.2) is 11.5 Å². The summed E-state index contributed by atoms with van der Waals surface area (Å²) < 4.78 is 15.9. The Bertz CT molecular complexity index is 446. The molecule has 0 fully saturated rings. The number of rotatable bonds is 9. The number of methoxy groups -OCH3 is 2. The molecule has 21 heavy (non-hydrogen) atoms. The van der Waals surface area contributed by atoms with E-state index in [1.165, 1.54) is 0 Å². The first-order chi connectivity index (χ1) is 10.1. The fourth-order valence-electron chi connectivity index (χ4n) is 1.70. The summed E-state index contributed by atoms with van der Waals surface area (Å²) in [4.78, 5) is 11.9. The van der Waals surface area contributed by atoms with E-state index >= 15 is 0 Å². The first-order valence-corrected chi connectivity index (χ1v) is 7.16. The van der Waals surface area contributed by atoms with Gasteiger partial charge in [0.2, 0.25) is 0 Å².